The monoisotopic (exact) mass is 423 g/mol. The summed E-state index contributed by atoms with van der Waals surface area (Å²) in [6.07, 6.45) is 1.94. The van der Waals surface area contributed by atoms with E-state index in [0.717, 1.165) is 87.9 Å². The zero-order valence-electron chi connectivity index (χ0n) is 17.9. The summed E-state index contributed by atoms with van der Waals surface area (Å²) in [5.74, 6) is 1.78. The van der Waals surface area contributed by atoms with Crippen molar-refractivity contribution in [1.82, 2.24) is 36.1 Å². The highest BCUT2D eigenvalue weighted by Gasteiger charge is 2.23. The van der Waals surface area contributed by atoms with Crippen LogP contribution in [0.15, 0.2) is 24.3 Å². The van der Waals surface area contributed by atoms with Gasteiger partial charge in [0.05, 0.1) is 26.0 Å². The molecule has 0 bridgehead atoms. The number of morpholine rings is 1. The van der Waals surface area contributed by atoms with Crippen LogP contribution in [-0.4, -0.2) is 78.4 Å². The molecule has 3 aliphatic rings. The van der Waals surface area contributed by atoms with E-state index in [1.54, 1.807) is 7.11 Å². The Labute approximate surface area is 181 Å². The Morgan fingerprint density at radius 2 is 1.97 bits per heavy atom. The maximum Gasteiger partial charge on any atom is 0.143 e. The van der Waals surface area contributed by atoms with Gasteiger partial charge in [-0.3, -0.25) is 4.90 Å². The summed E-state index contributed by atoms with van der Waals surface area (Å²) >= 11 is 0. The molecule has 0 unspecified atom stereocenters. The summed E-state index contributed by atoms with van der Waals surface area (Å²) in [5, 5.41) is 20.7. The van der Waals surface area contributed by atoms with Crippen molar-refractivity contribution in [2.24, 2.45) is 0 Å². The lowest BCUT2D eigenvalue weighted by Crippen LogP contribution is -2.47. The minimum absolute atomic E-state index is 0.770. The average Bonchev–Trinajstić information content (AvgIpc) is 3.15. The number of benzene rings is 1. The molecule has 2 N–H and O–H groups in total. The van der Waals surface area contributed by atoms with Crippen molar-refractivity contribution in [3.8, 4) is 5.75 Å². The first-order valence-corrected chi connectivity index (χ1v) is 10.9. The third-order valence-corrected chi connectivity index (χ3v) is 6.11. The minimum Gasteiger partial charge on any atom is -0.497 e. The molecule has 164 valence electrons. The van der Waals surface area contributed by atoms with Gasteiger partial charge in [-0.15, -0.1) is 10.2 Å². The van der Waals surface area contributed by atoms with Crippen molar-refractivity contribution in [2.45, 2.75) is 19.4 Å². The van der Waals surface area contributed by atoms with E-state index in [2.05, 4.69) is 48.2 Å². The molecule has 0 saturated carbocycles. The molecular formula is C22H29N7O2. The molecule has 0 spiro atoms. The van der Waals surface area contributed by atoms with E-state index in [1.807, 2.05) is 12.1 Å². The van der Waals surface area contributed by atoms with Crippen molar-refractivity contribution in [2.75, 3.05) is 53.0 Å². The van der Waals surface area contributed by atoms with Crippen LogP contribution in [0.2, 0.25) is 0 Å². The predicted octanol–water partition coefficient (Wildman–Crippen LogP) is -1.01. The fraction of sp³-hybridized carbons (Fsp3) is 0.500. The first-order valence-electron chi connectivity index (χ1n) is 10.9. The van der Waals surface area contributed by atoms with E-state index in [9.17, 15) is 0 Å². The van der Waals surface area contributed by atoms with Crippen molar-refractivity contribution < 1.29 is 9.47 Å². The quantitative estimate of drug-likeness (QED) is 0.581. The molecule has 1 aromatic heterocycles. The molecule has 5 rings (SSSR count). The number of methoxy groups -OCH3 is 1. The molecule has 1 aliphatic carbocycles. The Balaban J connectivity index is 1.38. The summed E-state index contributed by atoms with van der Waals surface area (Å²) in [4.78, 5) is 2.42. The summed E-state index contributed by atoms with van der Waals surface area (Å²) in [5.41, 5.74) is 7.24. The van der Waals surface area contributed by atoms with Gasteiger partial charge in [0.1, 0.15) is 16.9 Å². The van der Waals surface area contributed by atoms with E-state index in [0.29, 0.717) is 0 Å². The number of aryl methyl sites for hydroxylation is 1. The Bertz CT molecular complexity index is 1030. The number of ether oxygens (including phenoxy) is 2. The summed E-state index contributed by atoms with van der Waals surface area (Å²) < 4.78 is 10.7. The van der Waals surface area contributed by atoms with Crippen LogP contribution < -0.4 is 26.0 Å². The average molecular weight is 424 g/mol. The number of hydrogen-bond acceptors (Lipinski definition) is 9. The van der Waals surface area contributed by atoms with Crippen LogP contribution in [0, 0.1) is 0 Å². The second-order valence-electron chi connectivity index (χ2n) is 8.14. The number of hydrogen-bond donors (Lipinski definition) is 2. The van der Waals surface area contributed by atoms with E-state index < -0.39 is 0 Å². The molecule has 0 atom stereocenters. The lowest BCUT2D eigenvalue weighted by atomic mass is 10.2. The van der Waals surface area contributed by atoms with Gasteiger partial charge in [-0.25, -0.2) is 5.01 Å². The topological polar surface area (TPSA) is 87.7 Å². The number of hydrazine groups is 1. The Kier molecular flexibility index (Phi) is 5.97. The molecule has 2 aliphatic heterocycles. The maximum atomic E-state index is 5.45. The van der Waals surface area contributed by atoms with Gasteiger partial charge in [-0.1, -0.05) is 12.1 Å². The van der Waals surface area contributed by atoms with Crippen molar-refractivity contribution in [1.29, 1.82) is 0 Å². The number of nitrogens with one attached hydrogen (secondary N) is 2. The second kappa shape index (κ2) is 9.17. The van der Waals surface area contributed by atoms with E-state index in [4.69, 9.17) is 9.47 Å². The standard InChI is InChI=1S/C22H29N7O2/c1-30-18-5-2-16(3-6-18)14-29-15-17-4-7-19-20(17)21(25-27-24-19)22(26-29)23-8-9-28-10-12-31-13-11-28/h2-3,5-6,23,26H,4,7-15H2,1H3. The third-order valence-electron chi connectivity index (χ3n) is 6.11. The Hall–Kier alpha value is -2.75. The molecule has 0 amide bonds. The van der Waals surface area contributed by atoms with Crippen LogP contribution in [-0.2, 0) is 17.7 Å². The number of nitrogens with zero attached hydrogens (tertiary/aromatic N) is 5. The first-order chi connectivity index (χ1) is 15.3. The van der Waals surface area contributed by atoms with Gasteiger partial charge < -0.3 is 20.2 Å². The lowest BCUT2D eigenvalue weighted by molar-refractivity contribution is 0.0387. The van der Waals surface area contributed by atoms with Gasteiger partial charge in [-0.2, -0.15) is 0 Å². The van der Waals surface area contributed by atoms with Crippen LogP contribution in [0.5, 0.6) is 5.75 Å². The summed E-state index contributed by atoms with van der Waals surface area (Å²) in [6, 6.07) is 8.22. The van der Waals surface area contributed by atoms with Gasteiger partial charge in [-0.05, 0) is 41.3 Å². The van der Waals surface area contributed by atoms with Gasteiger partial charge in [0.25, 0.3) is 0 Å². The normalized spacial score (nSPS) is 19.0. The SMILES string of the molecule is COc1ccc(CN2CC3=c4c(nnnc4=C(NCCN4CCOCC4)N2)CC3)cc1. The molecular weight excluding hydrogens is 394 g/mol. The van der Waals surface area contributed by atoms with Gasteiger partial charge in [0, 0.05) is 44.5 Å². The molecule has 1 saturated heterocycles. The molecule has 9 heteroatoms. The van der Waals surface area contributed by atoms with Crippen molar-refractivity contribution >= 4 is 11.4 Å². The highest BCUT2D eigenvalue weighted by Crippen LogP contribution is 2.17. The van der Waals surface area contributed by atoms with Crippen LogP contribution in [0.25, 0.3) is 11.4 Å². The first kappa shape index (κ1) is 20.2. The number of rotatable bonds is 7. The highest BCUT2D eigenvalue weighted by molar-refractivity contribution is 5.55. The molecule has 0 radical (unpaired) electrons. The fourth-order valence-electron chi connectivity index (χ4n) is 4.45. The molecule has 1 aromatic carbocycles. The Morgan fingerprint density at radius 3 is 2.77 bits per heavy atom. The molecule has 9 nitrogen and oxygen atoms in total. The largest absolute Gasteiger partial charge is 0.497 e. The van der Waals surface area contributed by atoms with E-state index in [1.165, 1.54) is 16.4 Å². The third kappa shape index (κ3) is 4.48. The second-order valence-corrected chi connectivity index (χ2v) is 8.14. The predicted molar refractivity (Wildman–Crippen MR) is 116 cm³/mol. The van der Waals surface area contributed by atoms with Crippen LogP contribution >= 0.6 is 0 Å². The van der Waals surface area contributed by atoms with Crippen LogP contribution in [0.3, 0.4) is 0 Å². The summed E-state index contributed by atoms with van der Waals surface area (Å²) in [7, 11) is 1.69. The molecule has 31 heavy (non-hydrogen) atoms. The highest BCUT2D eigenvalue weighted by atomic mass is 16.5. The Morgan fingerprint density at radius 1 is 1.13 bits per heavy atom. The molecule has 1 fully saturated rings. The summed E-state index contributed by atoms with van der Waals surface area (Å²) in [6.45, 7) is 6.97. The van der Waals surface area contributed by atoms with Crippen molar-refractivity contribution in [3.63, 3.8) is 0 Å². The van der Waals surface area contributed by atoms with Gasteiger partial charge in [0.2, 0.25) is 0 Å². The van der Waals surface area contributed by atoms with Gasteiger partial charge in [0.15, 0.2) is 0 Å². The lowest BCUT2D eigenvalue weighted by Gasteiger charge is -2.28. The number of aromatic nitrogens is 3. The smallest absolute Gasteiger partial charge is 0.143 e. The molecule has 2 aromatic rings. The maximum absolute atomic E-state index is 5.45. The van der Waals surface area contributed by atoms with Gasteiger partial charge >= 0.3 is 0 Å². The zero-order chi connectivity index (χ0) is 21.0. The van der Waals surface area contributed by atoms with Crippen molar-refractivity contribution in [3.05, 3.63) is 46.1 Å². The van der Waals surface area contributed by atoms with Crippen LogP contribution in [0.1, 0.15) is 17.7 Å². The zero-order valence-corrected chi connectivity index (χ0v) is 17.9. The molecule has 3 heterocycles. The fourth-order valence-corrected chi connectivity index (χ4v) is 4.45. The van der Waals surface area contributed by atoms with E-state index >= 15 is 0 Å². The van der Waals surface area contributed by atoms with Crippen LogP contribution in [0.4, 0.5) is 0 Å². The minimum atomic E-state index is 0.770. The van der Waals surface area contributed by atoms with E-state index in [-0.39, 0.29) is 0 Å².